The van der Waals surface area contributed by atoms with Gasteiger partial charge in [-0.1, -0.05) is 17.7 Å². The van der Waals surface area contributed by atoms with Crippen molar-refractivity contribution in [2.24, 2.45) is 0 Å². The van der Waals surface area contributed by atoms with Crippen molar-refractivity contribution in [3.05, 3.63) is 45.9 Å². The maximum atomic E-state index is 14.9. The Labute approximate surface area is 225 Å². The highest BCUT2D eigenvalue weighted by Gasteiger charge is 2.29. The summed E-state index contributed by atoms with van der Waals surface area (Å²) in [5.41, 5.74) is 3.20. The van der Waals surface area contributed by atoms with Crippen molar-refractivity contribution in [1.82, 2.24) is 14.9 Å². The number of likely N-dealkylation sites (N-methyl/N-ethyl adjacent to an activating group) is 1. The van der Waals surface area contributed by atoms with Gasteiger partial charge in [0.1, 0.15) is 23.5 Å². The number of hydrogen-bond acceptors (Lipinski definition) is 8. The number of likely N-dealkylation sites (tertiary alicyclic amines) is 1. The largest absolute Gasteiger partial charge is 0.465 e. The van der Waals surface area contributed by atoms with Gasteiger partial charge in [0.2, 0.25) is 0 Å². The zero-order chi connectivity index (χ0) is 26.6. The summed E-state index contributed by atoms with van der Waals surface area (Å²) in [6.07, 6.45) is 2.50. The SMILES string of the molecule is CN1CCC[C@H]1COc1ncc2c3c(c(-c4ccc(F)c5sc(NC(=O)O)c(C#N)c45)c(Cl)c2n1)COC3. The number of fused-ring (bicyclic) bond motifs is 4. The molecule has 1 fully saturated rings. The molecule has 194 valence electrons. The monoisotopic (exact) mass is 553 g/mol. The number of thiophene rings is 1. The third kappa shape index (κ3) is 4.01. The van der Waals surface area contributed by atoms with Crippen molar-refractivity contribution in [2.45, 2.75) is 32.1 Å². The van der Waals surface area contributed by atoms with Gasteiger partial charge in [0, 0.05) is 28.6 Å². The minimum absolute atomic E-state index is 0.0260. The number of amides is 1. The van der Waals surface area contributed by atoms with Gasteiger partial charge in [-0.2, -0.15) is 10.2 Å². The molecular formula is C26H21ClFN5O4S. The number of rotatable bonds is 5. The molecule has 0 bridgehead atoms. The Hall–Kier alpha value is -3.56. The number of hydrogen-bond donors (Lipinski definition) is 2. The first kappa shape index (κ1) is 24.8. The van der Waals surface area contributed by atoms with E-state index in [1.165, 1.54) is 6.07 Å². The van der Waals surface area contributed by atoms with Gasteiger partial charge in [0.05, 0.1) is 34.0 Å². The van der Waals surface area contributed by atoms with Gasteiger partial charge in [0.15, 0.2) is 0 Å². The lowest BCUT2D eigenvalue weighted by Crippen LogP contribution is -2.30. The Bertz CT molecular complexity index is 1670. The molecule has 0 radical (unpaired) electrons. The molecule has 4 aromatic rings. The zero-order valence-corrected chi connectivity index (χ0v) is 21.7. The van der Waals surface area contributed by atoms with Crippen LogP contribution in [0.5, 0.6) is 6.01 Å². The lowest BCUT2D eigenvalue weighted by molar-refractivity contribution is 0.135. The number of anilines is 1. The summed E-state index contributed by atoms with van der Waals surface area (Å²) in [6, 6.07) is 5.37. The summed E-state index contributed by atoms with van der Waals surface area (Å²) in [5, 5.41) is 22.7. The summed E-state index contributed by atoms with van der Waals surface area (Å²) < 4.78 is 26.8. The van der Waals surface area contributed by atoms with E-state index in [9.17, 15) is 19.6 Å². The van der Waals surface area contributed by atoms with Crippen LogP contribution < -0.4 is 10.1 Å². The van der Waals surface area contributed by atoms with Gasteiger partial charge < -0.3 is 19.5 Å². The van der Waals surface area contributed by atoms with Crippen molar-refractivity contribution in [3.8, 4) is 23.2 Å². The van der Waals surface area contributed by atoms with Crippen LogP contribution in [0.2, 0.25) is 5.02 Å². The minimum Gasteiger partial charge on any atom is -0.465 e. The third-order valence-electron chi connectivity index (χ3n) is 7.15. The second-order valence-electron chi connectivity index (χ2n) is 9.29. The highest BCUT2D eigenvalue weighted by molar-refractivity contribution is 7.23. The van der Waals surface area contributed by atoms with E-state index in [2.05, 4.69) is 27.2 Å². The number of nitrogens with one attached hydrogen (secondary N) is 1. The number of benzene rings is 2. The van der Waals surface area contributed by atoms with Crippen LogP contribution in [0, 0.1) is 17.1 Å². The van der Waals surface area contributed by atoms with Crippen molar-refractivity contribution >= 4 is 55.0 Å². The van der Waals surface area contributed by atoms with E-state index in [0.717, 1.165) is 47.2 Å². The lowest BCUT2D eigenvalue weighted by atomic mass is 9.91. The Morgan fingerprint density at radius 3 is 2.97 bits per heavy atom. The molecule has 2 aliphatic rings. The van der Waals surface area contributed by atoms with Crippen LogP contribution in [0.3, 0.4) is 0 Å². The summed E-state index contributed by atoms with van der Waals surface area (Å²) in [4.78, 5) is 22.6. The van der Waals surface area contributed by atoms with Crippen LogP contribution >= 0.6 is 22.9 Å². The third-order valence-corrected chi connectivity index (χ3v) is 8.63. The van der Waals surface area contributed by atoms with Crippen LogP contribution in [-0.2, 0) is 18.0 Å². The number of aromatic nitrogens is 2. The molecule has 1 saturated heterocycles. The van der Waals surface area contributed by atoms with Crippen molar-refractivity contribution in [2.75, 3.05) is 25.5 Å². The topological polar surface area (TPSA) is 121 Å². The molecule has 2 aliphatic heterocycles. The van der Waals surface area contributed by atoms with E-state index in [0.29, 0.717) is 34.9 Å². The summed E-state index contributed by atoms with van der Waals surface area (Å²) >= 11 is 7.88. The molecule has 0 spiro atoms. The number of carbonyl (C=O) groups is 1. The standard InChI is InChI=1S/C26H21ClFN5O4S/c1-33-6-2-3-12(33)9-37-25-30-8-15-16-10-36-11-17(16)19(21(27)22(15)31-25)13-4-5-18(28)23-20(13)14(7-29)24(38-23)32-26(34)35/h4-5,8,12,32H,2-3,6,9-11H2,1H3,(H,34,35)/t12-/m0/s1. The van der Waals surface area contributed by atoms with E-state index in [1.54, 1.807) is 12.3 Å². The van der Waals surface area contributed by atoms with Gasteiger partial charge in [-0.05, 0) is 49.2 Å². The fourth-order valence-electron chi connectivity index (χ4n) is 5.28. The molecule has 2 aromatic heterocycles. The Morgan fingerprint density at radius 2 is 2.24 bits per heavy atom. The number of halogens is 2. The summed E-state index contributed by atoms with van der Waals surface area (Å²) in [5.74, 6) is -0.566. The van der Waals surface area contributed by atoms with Crippen LogP contribution in [0.4, 0.5) is 14.2 Å². The van der Waals surface area contributed by atoms with Crippen molar-refractivity contribution in [1.29, 1.82) is 5.26 Å². The molecule has 2 N–H and O–H groups in total. The predicted octanol–water partition coefficient (Wildman–Crippen LogP) is 5.77. The average molecular weight is 554 g/mol. The van der Waals surface area contributed by atoms with Crippen LogP contribution in [0.25, 0.3) is 32.1 Å². The fourth-order valence-corrected chi connectivity index (χ4v) is 6.71. The Kier molecular flexibility index (Phi) is 6.28. The van der Waals surface area contributed by atoms with E-state index in [4.69, 9.17) is 21.1 Å². The molecule has 1 amide bonds. The first-order valence-corrected chi connectivity index (χ1v) is 13.1. The highest BCUT2D eigenvalue weighted by atomic mass is 35.5. The molecule has 12 heteroatoms. The number of nitriles is 1. The molecular weight excluding hydrogens is 533 g/mol. The molecule has 0 aliphatic carbocycles. The van der Waals surface area contributed by atoms with E-state index in [-0.39, 0.29) is 39.3 Å². The number of ether oxygens (including phenoxy) is 2. The lowest BCUT2D eigenvalue weighted by Gasteiger charge is -2.19. The molecule has 4 heterocycles. The van der Waals surface area contributed by atoms with Gasteiger partial charge in [-0.15, -0.1) is 11.3 Å². The van der Waals surface area contributed by atoms with Crippen LogP contribution in [-0.4, -0.2) is 52.3 Å². The Morgan fingerprint density at radius 1 is 1.42 bits per heavy atom. The summed E-state index contributed by atoms with van der Waals surface area (Å²) in [6.45, 7) is 2.06. The van der Waals surface area contributed by atoms with E-state index < -0.39 is 11.9 Å². The molecule has 9 nitrogen and oxygen atoms in total. The first-order valence-electron chi connectivity index (χ1n) is 11.9. The molecule has 38 heavy (non-hydrogen) atoms. The normalized spacial score (nSPS) is 17.2. The van der Waals surface area contributed by atoms with Gasteiger partial charge >= 0.3 is 12.1 Å². The number of carboxylic acid groups (broad SMARTS) is 1. The molecule has 1 atom stereocenters. The van der Waals surface area contributed by atoms with Crippen LogP contribution in [0.1, 0.15) is 29.5 Å². The average Bonchev–Trinajstić information content (AvgIpc) is 3.62. The van der Waals surface area contributed by atoms with E-state index in [1.807, 2.05) is 6.07 Å². The van der Waals surface area contributed by atoms with Crippen molar-refractivity contribution in [3.63, 3.8) is 0 Å². The molecule has 0 unspecified atom stereocenters. The highest BCUT2D eigenvalue weighted by Crippen LogP contribution is 2.48. The molecule has 6 rings (SSSR count). The second kappa shape index (κ2) is 9.63. The quantitative estimate of drug-likeness (QED) is 0.319. The fraction of sp³-hybridized carbons (Fsp3) is 0.308. The molecule has 2 aromatic carbocycles. The van der Waals surface area contributed by atoms with Crippen molar-refractivity contribution < 1.29 is 23.8 Å². The van der Waals surface area contributed by atoms with Gasteiger partial charge in [-0.3, -0.25) is 5.32 Å². The number of nitrogens with zero attached hydrogens (tertiary/aromatic N) is 4. The van der Waals surface area contributed by atoms with E-state index >= 15 is 0 Å². The maximum Gasteiger partial charge on any atom is 0.409 e. The maximum absolute atomic E-state index is 14.9. The van der Waals surface area contributed by atoms with Gasteiger partial charge in [-0.25, -0.2) is 14.2 Å². The Balaban J connectivity index is 1.54. The predicted molar refractivity (Wildman–Crippen MR) is 141 cm³/mol. The van der Waals surface area contributed by atoms with Gasteiger partial charge in [0.25, 0.3) is 0 Å². The summed E-state index contributed by atoms with van der Waals surface area (Å²) in [7, 11) is 2.06. The smallest absolute Gasteiger partial charge is 0.409 e. The second-order valence-corrected chi connectivity index (χ2v) is 10.7. The van der Waals surface area contributed by atoms with Crippen LogP contribution in [0.15, 0.2) is 18.3 Å². The zero-order valence-electron chi connectivity index (χ0n) is 20.2. The first-order chi connectivity index (χ1) is 18.4. The minimum atomic E-state index is -1.35. The molecule has 0 saturated carbocycles.